The lowest BCUT2D eigenvalue weighted by atomic mass is 10.3. The summed E-state index contributed by atoms with van der Waals surface area (Å²) in [4.78, 5) is 4.31. The molecule has 4 nitrogen and oxygen atoms in total. The predicted molar refractivity (Wildman–Crippen MR) is 76.6 cm³/mol. The molecule has 1 aromatic heterocycles. The molecule has 5 heteroatoms. The zero-order valence-corrected chi connectivity index (χ0v) is 12.1. The molecule has 0 radical (unpaired) electrons. The van der Waals surface area contributed by atoms with E-state index >= 15 is 0 Å². The highest BCUT2D eigenvalue weighted by Crippen LogP contribution is 2.28. The molecule has 96 valence electrons. The third-order valence-electron chi connectivity index (χ3n) is 2.59. The van der Waals surface area contributed by atoms with Crippen molar-refractivity contribution in [3.05, 3.63) is 35.1 Å². The second-order valence-electron chi connectivity index (χ2n) is 3.87. The van der Waals surface area contributed by atoms with Gasteiger partial charge in [-0.2, -0.15) is 0 Å². The Bertz CT molecular complexity index is 525. The van der Waals surface area contributed by atoms with Gasteiger partial charge in [0.1, 0.15) is 5.75 Å². The van der Waals surface area contributed by atoms with Gasteiger partial charge in [-0.3, -0.25) is 4.57 Å². The molecular formula is C13H16BrN3O. The standard InChI is InChI=1S/C13H16BrN3O/c1-3-6-15-13-16-7-8-17(13)10-4-5-11(14)12(9-10)18-2/h4-5,7-9H,3,6H2,1-2H3,(H,15,16). The van der Waals surface area contributed by atoms with Crippen molar-refractivity contribution in [2.75, 3.05) is 19.0 Å². The number of hydrogen-bond acceptors (Lipinski definition) is 3. The van der Waals surface area contributed by atoms with E-state index in [1.54, 1.807) is 13.3 Å². The summed E-state index contributed by atoms with van der Waals surface area (Å²) in [6, 6.07) is 5.96. The van der Waals surface area contributed by atoms with E-state index in [-0.39, 0.29) is 0 Å². The Morgan fingerprint density at radius 1 is 1.44 bits per heavy atom. The monoisotopic (exact) mass is 309 g/mol. The molecule has 0 spiro atoms. The highest BCUT2D eigenvalue weighted by Gasteiger charge is 2.07. The van der Waals surface area contributed by atoms with Gasteiger partial charge in [-0.1, -0.05) is 6.92 Å². The van der Waals surface area contributed by atoms with E-state index < -0.39 is 0 Å². The van der Waals surface area contributed by atoms with Crippen LogP contribution in [0.25, 0.3) is 5.69 Å². The highest BCUT2D eigenvalue weighted by atomic mass is 79.9. The number of aromatic nitrogens is 2. The summed E-state index contributed by atoms with van der Waals surface area (Å²) in [5.41, 5.74) is 1.02. The zero-order valence-electron chi connectivity index (χ0n) is 10.5. The molecule has 0 bridgehead atoms. The Morgan fingerprint density at radius 3 is 3.00 bits per heavy atom. The Labute approximate surface area is 115 Å². The third kappa shape index (κ3) is 2.67. The van der Waals surface area contributed by atoms with E-state index in [2.05, 4.69) is 33.2 Å². The van der Waals surface area contributed by atoms with Crippen molar-refractivity contribution in [3.63, 3.8) is 0 Å². The zero-order chi connectivity index (χ0) is 13.0. The number of nitrogens with zero attached hydrogens (tertiary/aromatic N) is 2. The predicted octanol–water partition coefficient (Wildman–Crippen LogP) is 3.47. The van der Waals surface area contributed by atoms with Crippen LogP contribution >= 0.6 is 15.9 Å². The minimum Gasteiger partial charge on any atom is -0.495 e. The normalized spacial score (nSPS) is 10.4. The first-order valence-electron chi connectivity index (χ1n) is 5.87. The number of anilines is 1. The number of methoxy groups -OCH3 is 1. The lowest BCUT2D eigenvalue weighted by molar-refractivity contribution is 0.412. The molecule has 1 N–H and O–H groups in total. The lowest BCUT2D eigenvalue weighted by Crippen LogP contribution is -2.06. The molecule has 0 unspecified atom stereocenters. The van der Waals surface area contributed by atoms with Crippen LogP contribution in [0.2, 0.25) is 0 Å². The van der Waals surface area contributed by atoms with Gasteiger partial charge < -0.3 is 10.1 Å². The van der Waals surface area contributed by atoms with Gasteiger partial charge in [0.25, 0.3) is 0 Å². The molecule has 2 rings (SSSR count). The summed E-state index contributed by atoms with van der Waals surface area (Å²) in [5.74, 6) is 1.66. The van der Waals surface area contributed by atoms with Gasteiger partial charge in [0.15, 0.2) is 0 Å². The number of nitrogens with one attached hydrogen (secondary N) is 1. The smallest absolute Gasteiger partial charge is 0.207 e. The summed E-state index contributed by atoms with van der Waals surface area (Å²) in [7, 11) is 1.66. The fourth-order valence-electron chi connectivity index (χ4n) is 1.68. The van der Waals surface area contributed by atoms with E-state index in [1.807, 2.05) is 29.0 Å². The quantitative estimate of drug-likeness (QED) is 0.919. The molecule has 0 aliphatic carbocycles. The first-order chi connectivity index (χ1) is 8.76. The van der Waals surface area contributed by atoms with Crippen molar-refractivity contribution in [2.24, 2.45) is 0 Å². The van der Waals surface area contributed by atoms with Crippen LogP contribution in [0.5, 0.6) is 5.75 Å². The number of imidazole rings is 1. The van der Waals surface area contributed by atoms with Crippen molar-refractivity contribution >= 4 is 21.9 Å². The van der Waals surface area contributed by atoms with Crippen molar-refractivity contribution in [1.29, 1.82) is 0 Å². The van der Waals surface area contributed by atoms with E-state index in [0.29, 0.717) is 0 Å². The molecule has 18 heavy (non-hydrogen) atoms. The largest absolute Gasteiger partial charge is 0.495 e. The average Bonchev–Trinajstić information content (AvgIpc) is 2.85. The molecule has 1 heterocycles. The second kappa shape index (κ2) is 5.91. The summed E-state index contributed by atoms with van der Waals surface area (Å²) in [5, 5.41) is 3.29. The molecule has 0 aliphatic heterocycles. The Kier molecular flexibility index (Phi) is 4.25. The van der Waals surface area contributed by atoms with Crippen molar-refractivity contribution in [3.8, 4) is 11.4 Å². The van der Waals surface area contributed by atoms with E-state index in [1.165, 1.54) is 0 Å². The molecule has 0 aliphatic rings. The maximum absolute atomic E-state index is 5.30. The van der Waals surface area contributed by atoms with E-state index in [9.17, 15) is 0 Å². The molecule has 0 amide bonds. The van der Waals surface area contributed by atoms with Gasteiger partial charge in [-0.25, -0.2) is 4.98 Å². The van der Waals surface area contributed by atoms with Crippen LogP contribution in [-0.4, -0.2) is 23.2 Å². The van der Waals surface area contributed by atoms with Crippen molar-refractivity contribution in [1.82, 2.24) is 9.55 Å². The number of halogens is 1. The third-order valence-corrected chi connectivity index (χ3v) is 3.24. The molecule has 0 fully saturated rings. The fraction of sp³-hybridized carbons (Fsp3) is 0.308. The van der Waals surface area contributed by atoms with Crippen molar-refractivity contribution in [2.45, 2.75) is 13.3 Å². The Balaban J connectivity index is 2.33. The minimum absolute atomic E-state index is 0.808. The van der Waals surface area contributed by atoms with E-state index in [0.717, 1.165) is 34.8 Å². The topological polar surface area (TPSA) is 39.1 Å². The lowest BCUT2D eigenvalue weighted by Gasteiger charge is -2.11. The Hall–Kier alpha value is -1.49. The molecular weight excluding hydrogens is 294 g/mol. The second-order valence-corrected chi connectivity index (χ2v) is 4.72. The summed E-state index contributed by atoms with van der Waals surface area (Å²) >= 11 is 3.45. The fourth-order valence-corrected chi connectivity index (χ4v) is 2.09. The van der Waals surface area contributed by atoms with Crippen LogP contribution in [0.1, 0.15) is 13.3 Å². The summed E-state index contributed by atoms with van der Waals surface area (Å²) in [6.07, 6.45) is 4.78. The first kappa shape index (κ1) is 13.0. The van der Waals surface area contributed by atoms with Crippen LogP contribution in [0.3, 0.4) is 0 Å². The number of benzene rings is 1. The molecule has 1 aromatic carbocycles. The van der Waals surface area contributed by atoms with Crippen LogP contribution in [0.4, 0.5) is 5.95 Å². The minimum atomic E-state index is 0.808. The van der Waals surface area contributed by atoms with Gasteiger partial charge in [0, 0.05) is 25.0 Å². The summed E-state index contributed by atoms with van der Waals surface area (Å²) < 4.78 is 8.25. The van der Waals surface area contributed by atoms with Crippen LogP contribution in [0, 0.1) is 0 Å². The number of ether oxygens (including phenoxy) is 1. The SMILES string of the molecule is CCCNc1nccn1-c1ccc(Br)c(OC)c1. The highest BCUT2D eigenvalue weighted by molar-refractivity contribution is 9.10. The van der Waals surface area contributed by atoms with Gasteiger partial charge in [0.05, 0.1) is 17.3 Å². The van der Waals surface area contributed by atoms with Gasteiger partial charge >= 0.3 is 0 Å². The maximum atomic E-state index is 5.30. The first-order valence-corrected chi connectivity index (χ1v) is 6.66. The van der Waals surface area contributed by atoms with Crippen LogP contribution in [0.15, 0.2) is 35.1 Å². The molecule has 0 saturated carbocycles. The van der Waals surface area contributed by atoms with Gasteiger partial charge in [-0.15, -0.1) is 0 Å². The Morgan fingerprint density at radius 2 is 2.28 bits per heavy atom. The maximum Gasteiger partial charge on any atom is 0.207 e. The molecule has 2 aromatic rings. The molecule has 0 saturated heterocycles. The van der Waals surface area contributed by atoms with Crippen LogP contribution < -0.4 is 10.1 Å². The van der Waals surface area contributed by atoms with Gasteiger partial charge in [0.2, 0.25) is 5.95 Å². The number of rotatable bonds is 5. The van der Waals surface area contributed by atoms with Gasteiger partial charge in [-0.05, 0) is 34.5 Å². The van der Waals surface area contributed by atoms with Crippen LogP contribution in [-0.2, 0) is 0 Å². The number of hydrogen-bond donors (Lipinski definition) is 1. The average molecular weight is 310 g/mol. The summed E-state index contributed by atoms with van der Waals surface area (Å²) in [6.45, 7) is 3.04. The van der Waals surface area contributed by atoms with Crippen molar-refractivity contribution < 1.29 is 4.74 Å². The molecule has 0 atom stereocenters. The van der Waals surface area contributed by atoms with E-state index in [4.69, 9.17) is 4.74 Å².